The van der Waals surface area contributed by atoms with Gasteiger partial charge in [0.2, 0.25) is 0 Å². The van der Waals surface area contributed by atoms with Gasteiger partial charge in [0.05, 0.1) is 7.11 Å². The van der Waals surface area contributed by atoms with Gasteiger partial charge in [-0.25, -0.2) is 0 Å². The van der Waals surface area contributed by atoms with Gasteiger partial charge >= 0.3 is 0 Å². The molecule has 0 unspecified atom stereocenters. The largest absolute Gasteiger partial charge is 0.496 e. The molecule has 0 fully saturated rings. The second-order valence-electron chi connectivity index (χ2n) is 4.82. The Morgan fingerprint density at radius 3 is 2.33 bits per heavy atom. The molecule has 0 saturated heterocycles. The maximum atomic E-state index is 5.51. The van der Waals surface area contributed by atoms with Crippen molar-refractivity contribution in [2.75, 3.05) is 7.11 Å². The zero-order valence-corrected chi connectivity index (χ0v) is 11.4. The average molecular weight is 242 g/mol. The van der Waals surface area contributed by atoms with E-state index in [2.05, 4.69) is 43.3 Å². The van der Waals surface area contributed by atoms with Gasteiger partial charge in [-0.15, -0.1) is 0 Å². The van der Waals surface area contributed by atoms with Crippen LogP contribution in [0, 0.1) is 0 Å². The zero-order chi connectivity index (χ0) is 12.8. The second kappa shape index (κ2) is 6.44. The van der Waals surface area contributed by atoms with E-state index in [0.717, 1.165) is 12.2 Å². The van der Waals surface area contributed by atoms with E-state index in [-0.39, 0.29) is 0 Å². The van der Waals surface area contributed by atoms with E-state index in [0.29, 0.717) is 0 Å². The van der Waals surface area contributed by atoms with Crippen molar-refractivity contribution >= 4 is 10.8 Å². The number of hydrogen-bond acceptors (Lipinski definition) is 1. The lowest BCUT2D eigenvalue weighted by atomic mass is 10.0. The van der Waals surface area contributed by atoms with E-state index in [1.165, 1.54) is 42.0 Å². The van der Waals surface area contributed by atoms with E-state index in [4.69, 9.17) is 4.74 Å². The molecule has 0 aromatic heterocycles. The van der Waals surface area contributed by atoms with Crippen molar-refractivity contribution in [2.24, 2.45) is 0 Å². The van der Waals surface area contributed by atoms with Gasteiger partial charge in [0.25, 0.3) is 0 Å². The van der Waals surface area contributed by atoms with Crippen LogP contribution in [0.15, 0.2) is 36.4 Å². The molecule has 0 aliphatic rings. The molecule has 0 atom stereocenters. The Labute approximate surface area is 110 Å². The molecule has 0 spiro atoms. The molecule has 0 N–H and O–H groups in total. The monoisotopic (exact) mass is 242 g/mol. The SMILES string of the molecule is CCCCCCc1cc2ccccc2cc1OC. The molecule has 18 heavy (non-hydrogen) atoms. The van der Waals surface area contributed by atoms with Crippen molar-refractivity contribution in [3.05, 3.63) is 42.0 Å². The fourth-order valence-electron chi connectivity index (χ4n) is 2.39. The molecular weight excluding hydrogens is 220 g/mol. The Morgan fingerprint density at radius 2 is 1.67 bits per heavy atom. The van der Waals surface area contributed by atoms with Crippen molar-refractivity contribution in [3.63, 3.8) is 0 Å². The third-order valence-electron chi connectivity index (χ3n) is 3.45. The zero-order valence-electron chi connectivity index (χ0n) is 11.4. The summed E-state index contributed by atoms with van der Waals surface area (Å²) >= 11 is 0. The molecule has 1 nitrogen and oxygen atoms in total. The normalized spacial score (nSPS) is 10.8. The summed E-state index contributed by atoms with van der Waals surface area (Å²) in [6.45, 7) is 2.25. The Bertz CT molecular complexity index is 502. The van der Waals surface area contributed by atoms with Crippen LogP contribution in [-0.2, 0) is 6.42 Å². The fourth-order valence-corrected chi connectivity index (χ4v) is 2.39. The van der Waals surface area contributed by atoms with Crippen molar-refractivity contribution in [1.82, 2.24) is 0 Å². The first-order valence-electron chi connectivity index (χ1n) is 6.91. The molecule has 0 radical (unpaired) electrons. The molecule has 2 aromatic carbocycles. The Hall–Kier alpha value is -1.50. The number of ether oxygens (including phenoxy) is 1. The highest BCUT2D eigenvalue weighted by Crippen LogP contribution is 2.27. The molecule has 2 rings (SSSR count). The molecular formula is C17H22O. The Morgan fingerprint density at radius 1 is 0.944 bits per heavy atom. The minimum atomic E-state index is 1.03. The lowest BCUT2D eigenvalue weighted by Gasteiger charge is -2.10. The number of rotatable bonds is 6. The first kappa shape index (κ1) is 12.9. The summed E-state index contributed by atoms with van der Waals surface area (Å²) in [5, 5.41) is 2.57. The van der Waals surface area contributed by atoms with Crippen molar-refractivity contribution in [2.45, 2.75) is 39.0 Å². The van der Waals surface area contributed by atoms with Crippen LogP contribution >= 0.6 is 0 Å². The lowest BCUT2D eigenvalue weighted by molar-refractivity contribution is 0.409. The van der Waals surface area contributed by atoms with Crippen LogP contribution < -0.4 is 4.74 Å². The maximum absolute atomic E-state index is 5.51. The topological polar surface area (TPSA) is 9.23 Å². The fraction of sp³-hybridized carbons (Fsp3) is 0.412. The summed E-state index contributed by atoms with van der Waals surface area (Å²) in [4.78, 5) is 0. The van der Waals surface area contributed by atoms with Gasteiger partial charge in [0.1, 0.15) is 5.75 Å². The highest BCUT2D eigenvalue weighted by atomic mass is 16.5. The standard InChI is InChI=1S/C17H22O/c1-3-4-5-6-11-16-12-14-9-7-8-10-15(14)13-17(16)18-2/h7-10,12-13H,3-6,11H2,1-2H3. The number of fused-ring (bicyclic) bond motifs is 1. The van der Waals surface area contributed by atoms with Crippen molar-refractivity contribution in [3.8, 4) is 5.75 Å². The van der Waals surface area contributed by atoms with Crippen LogP contribution in [0.25, 0.3) is 10.8 Å². The van der Waals surface area contributed by atoms with Crippen LogP contribution in [0.3, 0.4) is 0 Å². The third kappa shape index (κ3) is 3.04. The molecule has 96 valence electrons. The number of benzene rings is 2. The van der Waals surface area contributed by atoms with E-state index in [9.17, 15) is 0 Å². The number of hydrogen-bond donors (Lipinski definition) is 0. The van der Waals surface area contributed by atoms with Gasteiger partial charge in [0.15, 0.2) is 0 Å². The first-order valence-corrected chi connectivity index (χ1v) is 6.91. The Balaban J connectivity index is 2.19. The number of aryl methyl sites for hydroxylation is 1. The summed E-state index contributed by atoms with van der Waals surface area (Å²) in [5.74, 6) is 1.03. The average Bonchev–Trinajstić information content (AvgIpc) is 2.42. The summed E-state index contributed by atoms with van der Waals surface area (Å²) in [6.07, 6.45) is 6.30. The first-order chi connectivity index (χ1) is 8.85. The minimum Gasteiger partial charge on any atom is -0.496 e. The van der Waals surface area contributed by atoms with Gasteiger partial charge in [0, 0.05) is 0 Å². The van der Waals surface area contributed by atoms with Gasteiger partial charge in [-0.3, -0.25) is 0 Å². The summed E-state index contributed by atoms with van der Waals surface area (Å²) in [7, 11) is 1.76. The molecule has 0 saturated carbocycles. The Kier molecular flexibility index (Phi) is 4.63. The quantitative estimate of drug-likeness (QED) is 0.650. The highest BCUT2D eigenvalue weighted by molar-refractivity contribution is 5.85. The van der Waals surface area contributed by atoms with Gasteiger partial charge in [-0.2, -0.15) is 0 Å². The van der Waals surface area contributed by atoms with Crippen LogP contribution in [0.1, 0.15) is 38.2 Å². The summed E-state index contributed by atoms with van der Waals surface area (Å²) in [5.41, 5.74) is 1.34. The summed E-state index contributed by atoms with van der Waals surface area (Å²) in [6, 6.07) is 12.9. The smallest absolute Gasteiger partial charge is 0.122 e. The van der Waals surface area contributed by atoms with Gasteiger partial charge in [-0.1, -0.05) is 50.5 Å². The van der Waals surface area contributed by atoms with Crippen LogP contribution in [-0.4, -0.2) is 7.11 Å². The molecule has 0 amide bonds. The predicted octanol–water partition coefficient (Wildman–Crippen LogP) is 4.97. The number of unbranched alkanes of at least 4 members (excludes halogenated alkanes) is 3. The van der Waals surface area contributed by atoms with Gasteiger partial charge in [-0.05, 0) is 41.3 Å². The van der Waals surface area contributed by atoms with E-state index >= 15 is 0 Å². The molecule has 0 aliphatic carbocycles. The maximum Gasteiger partial charge on any atom is 0.122 e. The summed E-state index contributed by atoms with van der Waals surface area (Å²) < 4.78 is 5.51. The third-order valence-corrected chi connectivity index (χ3v) is 3.45. The van der Waals surface area contributed by atoms with E-state index in [1.54, 1.807) is 7.11 Å². The van der Waals surface area contributed by atoms with Crippen LogP contribution in [0.4, 0.5) is 0 Å². The lowest BCUT2D eigenvalue weighted by Crippen LogP contribution is -1.93. The van der Waals surface area contributed by atoms with Crippen LogP contribution in [0.5, 0.6) is 5.75 Å². The van der Waals surface area contributed by atoms with E-state index < -0.39 is 0 Å². The molecule has 2 aromatic rings. The predicted molar refractivity (Wildman–Crippen MR) is 78.3 cm³/mol. The molecule has 0 aliphatic heterocycles. The van der Waals surface area contributed by atoms with Crippen molar-refractivity contribution < 1.29 is 4.74 Å². The molecule has 1 heteroatoms. The van der Waals surface area contributed by atoms with Crippen molar-refractivity contribution in [1.29, 1.82) is 0 Å². The molecule has 0 heterocycles. The molecule has 0 bridgehead atoms. The van der Waals surface area contributed by atoms with Crippen LogP contribution in [0.2, 0.25) is 0 Å². The second-order valence-corrected chi connectivity index (χ2v) is 4.82. The minimum absolute atomic E-state index is 1.03. The highest BCUT2D eigenvalue weighted by Gasteiger charge is 2.05. The van der Waals surface area contributed by atoms with E-state index in [1.807, 2.05) is 0 Å². The van der Waals surface area contributed by atoms with Gasteiger partial charge < -0.3 is 4.74 Å². The number of methoxy groups -OCH3 is 1.